The lowest BCUT2D eigenvalue weighted by atomic mass is 10.3. The largest absolute Gasteiger partial charge is 0.452 e. The topological polar surface area (TPSA) is 55.4 Å². The summed E-state index contributed by atoms with van der Waals surface area (Å²) in [6.07, 6.45) is 3.48. The van der Waals surface area contributed by atoms with Crippen LogP contribution in [-0.2, 0) is 14.3 Å². The molecule has 0 aliphatic rings. The first-order valence-corrected chi connectivity index (χ1v) is 5.61. The first-order valence-electron chi connectivity index (χ1n) is 5.61. The summed E-state index contributed by atoms with van der Waals surface area (Å²) >= 11 is 0. The Morgan fingerprint density at radius 2 is 2.05 bits per heavy atom. The highest BCUT2D eigenvalue weighted by Gasteiger charge is 2.07. The summed E-state index contributed by atoms with van der Waals surface area (Å²) in [5, 5.41) is 2.27. The molecule has 0 saturated carbocycles. The molecule has 1 amide bonds. The Morgan fingerprint density at radius 1 is 1.32 bits per heavy atom. The SMILES string of the molecule is CC/C=C/C(=O)OCC(=O)Nc1ccc(F)c(F)c1. The number of nitrogens with one attached hydrogen (secondary N) is 1. The van der Waals surface area contributed by atoms with Crippen molar-refractivity contribution in [2.45, 2.75) is 13.3 Å². The molecule has 1 aromatic rings. The number of carbonyl (C=O) groups is 2. The monoisotopic (exact) mass is 269 g/mol. The highest BCUT2D eigenvalue weighted by molar-refractivity contribution is 5.93. The van der Waals surface area contributed by atoms with Crippen LogP contribution in [0.5, 0.6) is 0 Å². The van der Waals surface area contributed by atoms with Gasteiger partial charge in [0.15, 0.2) is 18.2 Å². The van der Waals surface area contributed by atoms with Gasteiger partial charge < -0.3 is 10.1 Å². The van der Waals surface area contributed by atoms with E-state index in [1.165, 1.54) is 12.1 Å². The summed E-state index contributed by atoms with van der Waals surface area (Å²) < 4.78 is 30.1. The number of anilines is 1. The lowest BCUT2D eigenvalue weighted by Gasteiger charge is -2.05. The van der Waals surface area contributed by atoms with Gasteiger partial charge in [-0.15, -0.1) is 0 Å². The Balaban J connectivity index is 2.45. The summed E-state index contributed by atoms with van der Waals surface area (Å²) in [6, 6.07) is 2.93. The van der Waals surface area contributed by atoms with Gasteiger partial charge in [0.1, 0.15) is 0 Å². The fourth-order valence-electron chi connectivity index (χ4n) is 1.17. The lowest BCUT2D eigenvalue weighted by molar-refractivity contribution is -0.142. The van der Waals surface area contributed by atoms with E-state index in [1.807, 2.05) is 6.92 Å². The van der Waals surface area contributed by atoms with Crippen LogP contribution in [0.15, 0.2) is 30.4 Å². The van der Waals surface area contributed by atoms with E-state index in [0.717, 1.165) is 12.1 Å². The van der Waals surface area contributed by atoms with Crippen LogP contribution in [0.25, 0.3) is 0 Å². The highest BCUT2D eigenvalue weighted by Crippen LogP contribution is 2.12. The fraction of sp³-hybridized carbons (Fsp3) is 0.231. The number of benzene rings is 1. The molecule has 1 aromatic carbocycles. The fourth-order valence-corrected chi connectivity index (χ4v) is 1.17. The highest BCUT2D eigenvalue weighted by atomic mass is 19.2. The molecule has 4 nitrogen and oxygen atoms in total. The molecule has 0 heterocycles. The van der Waals surface area contributed by atoms with Crippen molar-refractivity contribution >= 4 is 17.6 Å². The molecule has 0 spiro atoms. The molecular weight excluding hydrogens is 256 g/mol. The predicted octanol–water partition coefficient (Wildman–Crippen LogP) is 2.41. The number of rotatable bonds is 5. The molecule has 0 aliphatic carbocycles. The molecule has 0 fully saturated rings. The number of halogens is 2. The van der Waals surface area contributed by atoms with Crippen molar-refractivity contribution in [2.24, 2.45) is 0 Å². The van der Waals surface area contributed by atoms with E-state index in [2.05, 4.69) is 10.1 Å². The Kier molecular flexibility index (Phi) is 5.66. The summed E-state index contributed by atoms with van der Waals surface area (Å²) in [5.74, 6) is -3.35. The molecule has 6 heteroatoms. The van der Waals surface area contributed by atoms with Crippen LogP contribution in [0.3, 0.4) is 0 Å². The third-order valence-electron chi connectivity index (χ3n) is 2.04. The molecule has 0 aromatic heterocycles. The maximum Gasteiger partial charge on any atom is 0.330 e. The minimum Gasteiger partial charge on any atom is -0.452 e. The maximum atomic E-state index is 12.9. The van der Waals surface area contributed by atoms with Crippen LogP contribution < -0.4 is 5.32 Å². The molecular formula is C13H13F2NO3. The van der Waals surface area contributed by atoms with Gasteiger partial charge in [0.05, 0.1) is 0 Å². The summed E-state index contributed by atoms with van der Waals surface area (Å²) in [7, 11) is 0. The Hall–Kier alpha value is -2.24. The molecule has 19 heavy (non-hydrogen) atoms. The molecule has 0 bridgehead atoms. The van der Waals surface area contributed by atoms with Gasteiger partial charge in [0, 0.05) is 17.8 Å². The Labute approximate surface area is 109 Å². The number of allylic oxidation sites excluding steroid dienone is 1. The Bertz CT molecular complexity index is 501. The molecule has 0 saturated heterocycles. The second kappa shape index (κ2) is 7.25. The smallest absolute Gasteiger partial charge is 0.330 e. The van der Waals surface area contributed by atoms with Crippen LogP contribution in [-0.4, -0.2) is 18.5 Å². The van der Waals surface area contributed by atoms with E-state index < -0.39 is 30.1 Å². The lowest BCUT2D eigenvalue weighted by Crippen LogP contribution is -2.20. The van der Waals surface area contributed by atoms with E-state index in [4.69, 9.17) is 0 Å². The van der Waals surface area contributed by atoms with Crippen molar-refractivity contribution in [2.75, 3.05) is 11.9 Å². The van der Waals surface area contributed by atoms with Crippen molar-refractivity contribution in [3.8, 4) is 0 Å². The molecule has 1 rings (SSSR count). The molecule has 0 aliphatic heterocycles. The average molecular weight is 269 g/mol. The third-order valence-corrected chi connectivity index (χ3v) is 2.04. The van der Waals surface area contributed by atoms with Gasteiger partial charge >= 0.3 is 5.97 Å². The quantitative estimate of drug-likeness (QED) is 0.659. The van der Waals surface area contributed by atoms with Crippen LogP contribution in [0.1, 0.15) is 13.3 Å². The normalized spacial score (nSPS) is 10.5. The second-order valence-electron chi connectivity index (χ2n) is 3.60. The van der Waals surface area contributed by atoms with Crippen molar-refractivity contribution in [3.63, 3.8) is 0 Å². The molecule has 0 atom stereocenters. The van der Waals surface area contributed by atoms with Crippen molar-refractivity contribution in [1.82, 2.24) is 0 Å². The van der Waals surface area contributed by atoms with Crippen LogP contribution >= 0.6 is 0 Å². The molecule has 1 N–H and O–H groups in total. The van der Waals surface area contributed by atoms with Gasteiger partial charge in [0.25, 0.3) is 5.91 Å². The number of carbonyl (C=O) groups excluding carboxylic acids is 2. The van der Waals surface area contributed by atoms with Crippen molar-refractivity contribution in [3.05, 3.63) is 42.0 Å². The van der Waals surface area contributed by atoms with Crippen LogP contribution in [0.4, 0.5) is 14.5 Å². The minimum atomic E-state index is -1.07. The first kappa shape index (κ1) is 14.8. The first-order chi connectivity index (χ1) is 9.02. The molecule has 0 radical (unpaired) electrons. The third kappa shape index (κ3) is 5.29. The second-order valence-corrected chi connectivity index (χ2v) is 3.60. The van der Waals surface area contributed by atoms with Crippen LogP contribution in [0.2, 0.25) is 0 Å². The van der Waals surface area contributed by atoms with Crippen LogP contribution in [0, 0.1) is 11.6 Å². The van der Waals surface area contributed by atoms with Gasteiger partial charge in [-0.2, -0.15) is 0 Å². The number of ether oxygens (including phenoxy) is 1. The average Bonchev–Trinajstić information content (AvgIpc) is 2.38. The standard InChI is InChI=1S/C13H13F2NO3/c1-2-3-4-13(18)19-8-12(17)16-9-5-6-10(14)11(15)7-9/h3-7H,2,8H2,1H3,(H,16,17)/b4-3+. The predicted molar refractivity (Wildman–Crippen MR) is 65.4 cm³/mol. The van der Waals surface area contributed by atoms with Gasteiger partial charge in [-0.1, -0.05) is 13.0 Å². The van der Waals surface area contributed by atoms with Gasteiger partial charge in [-0.3, -0.25) is 4.79 Å². The van der Waals surface area contributed by atoms with E-state index >= 15 is 0 Å². The maximum absolute atomic E-state index is 12.9. The molecule has 102 valence electrons. The zero-order valence-electron chi connectivity index (χ0n) is 10.3. The van der Waals surface area contributed by atoms with Gasteiger partial charge in [0.2, 0.25) is 0 Å². The van der Waals surface area contributed by atoms with E-state index in [-0.39, 0.29) is 5.69 Å². The number of hydrogen-bond donors (Lipinski definition) is 1. The number of amides is 1. The number of esters is 1. The summed E-state index contributed by atoms with van der Waals surface area (Å²) in [6.45, 7) is 1.35. The van der Waals surface area contributed by atoms with E-state index in [1.54, 1.807) is 6.08 Å². The van der Waals surface area contributed by atoms with Gasteiger partial charge in [-0.05, 0) is 18.6 Å². The zero-order valence-corrected chi connectivity index (χ0v) is 10.3. The Morgan fingerprint density at radius 3 is 2.68 bits per heavy atom. The van der Waals surface area contributed by atoms with E-state index in [0.29, 0.717) is 6.42 Å². The zero-order chi connectivity index (χ0) is 14.3. The number of hydrogen-bond acceptors (Lipinski definition) is 3. The van der Waals surface area contributed by atoms with Gasteiger partial charge in [-0.25, -0.2) is 13.6 Å². The molecule has 0 unspecified atom stereocenters. The van der Waals surface area contributed by atoms with Crippen molar-refractivity contribution in [1.29, 1.82) is 0 Å². The summed E-state index contributed by atoms with van der Waals surface area (Å²) in [5.41, 5.74) is 0.0871. The van der Waals surface area contributed by atoms with Crippen molar-refractivity contribution < 1.29 is 23.1 Å². The minimum absolute atomic E-state index is 0.0871. The summed E-state index contributed by atoms with van der Waals surface area (Å²) in [4.78, 5) is 22.4. The van der Waals surface area contributed by atoms with E-state index in [9.17, 15) is 18.4 Å².